The molecule has 1 amide bonds. The van der Waals surface area contributed by atoms with Crippen LogP contribution in [0, 0.1) is 0 Å². The Labute approximate surface area is 193 Å². The van der Waals surface area contributed by atoms with Crippen LogP contribution < -0.4 is 10.3 Å². The third-order valence-electron chi connectivity index (χ3n) is 5.89. The summed E-state index contributed by atoms with van der Waals surface area (Å²) in [7, 11) is 1.62. The third kappa shape index (κ3) is 4.51. The van der Waals surface area contributed by atoms with Crippen LogP contribution in [0.15, 0.2) is 83.7 Å². The van der Waals surface area contributed by atoms with Crippen molar-refractivity contribution < 1.29 is 9.53 Å². The summed E-state index contributed by atoms with van der Waals surface area (Å²) in [5.41, 5.74) is 1.97. The molecule has 3 aromatic carbocycles. The second-order valence-electron chi connectivity index (χ2n) is 7.89. The van der Waals surface area contributed by atoms with E-state index in [4.69, 9.17) is 4.74 Å². The summed E-state index contributed by atoms with van der Waals surface area (Å²) in [4.78, 5) is 28.7. The quantitative estimate of drug-likeness (QED) is 0.418. The lowest BCUT2D eigenvalue weighted by Crippen LogP contribution is -2.36. The molecule has 0 aliphatic heterocycles. The number of rotatable bonds is 7. The Kier molecular flexibility index (Phi) is 6.54. The van der Waals surface area contributed by atoms with Crippen LogP contribution in [0.4, 0.5) is 0 Å². The van der Waals surface area contributed by atoms with Gasteiger partial charge in [-0.05, 0) is 43.2 Å². The highest BCUT2D eigenvalue weighted by Gasteiger charge is 2.26. The van der Waals surface area contributed by atoms with Crippen LogP contribution in [-0.2, 0) is 6.54 Å². The standard InChI is InChI=1S/C27H27N3O3/c1-4-29(19(2)21-13-10-14-22(17-21)33-3)27(32)25-23-15-8-9-16-24(23)26(31)30(28-25)18-20-11-6-5-7-12-20/h5-17,19H,4,18H2,1-3H3. The molecule has 6 heteroatoms. The van der Waals surface area contributed by atoms with E-state index in [9.17, 15) is 9.59 Å². The van der Waals surface area contributed by atoms with E-state index in [-0.39, 0.29) is 23.2 Å². The van der Waals surface area contributed by atoms with Crippen LogP contribution >= 0.6 is 0 Å². The van der Waals surface area contributed by atoms with E-state index in [0.29, 0.717) is 23.9 Å². The molecule has 0 radical (unpaired) electrons. The van der Waals surface area contributed by atoms with Crippen molar-refractivity contribution >= 4 is 16.7 Å². The van der Waals surface area contributed by atoms with Crippen molar-refractivity contribution in [1.29, 1.82) is 0 Å². The molecule has 0 fully saturated rings. The first-order chi connectivity index (χ1) is 16.0. The Hall–Kier alpha value is -3.93. The molecule has 0 N–H and O–H groups in total. The SMILES string of the molecule is CCN(C(=O)c1nn(Cc2ccccc2)c(=O)c2ccccc12)C(C)c1cccc(OC)c1. The van der Waals surface area contributed by atoms with Crippen LogP contribution in [0.5, 0.6) is 5.75 Å². The van der Waals surface area contributed by atoms with Crippen LogP contribution in [0.2, 0.25) is 0 Å². The molecule has 0 aliphatic rings. The minimum atomic E-state index is -0.217. The first-order valence-corrected chi connectivity index (χ1v) is 11.0. The highest BCUT2D eigenvalue weighted by Crippen LogP contribution is 2.26. The van der Waals surface area contributed by atoms with E-state index < -0.39 is 0 Å². The number of ether oxygens (including phenoxy) is 1. The second-order valence-corrected chi connectivity index (χ2v) is 7.89. The Bertz CT molecular complexity index is 1330. The molecule has 6 nitrogen and oxygen atoms in total. The number of carbonyl (C=O) groups is 1. The van der Waals surface area contributed by atoms with Gasteiger partial charge < -0.3 is 9.64 Å². The minimum Gasteiger partial charge on any atom is -0.497 e. The molecular formula is C27H27N3O3. The fourth-order valence-corrected chi connectivity index (χ4v) is 4.07. The summed E-state index contributed by atoms with van der Waals surface area (Å²) in [6, 6.07) is 24.3. The number of aromatic nitrogens is 2. The molecule has 1 unspecified atom stereocenters. The highest BCUT2D eigenvalue weighted by atomic mass is 16.5. The van der Waals surface area contributed by atoms with Crippen molar-refractivity contribution in [2.24, 2.45) is 0 Å². The minimum absolute atomic E-state index is 0.201. The average Bonchev–Trinajstić information content (AvgIpc) is 2.86. The predicted molar refractivity (Wildman–Crippen MR) is 130 cm³/mol. The number of hydrogen-bond acceptors (Lipinski definition) is 4. The molecule has 0 aliphatic carbocycles. The highest BCUT2D eigenvalue weighted by molar-refractivity contribution is 6.04. The van der Waals surface area contributed by atoms with Crippen molar-refractivity contribution in [3.63, 3.8) is 0 Å². The summed E-state index contributed by atoms with van der Waals surface area (Å²) in [5, 5.41) is 5.61. The number of nitrogens with zero attached hydrogens (tertiary/aromatic N) is 3. The maximum Gasteiger partial charge on any atom is 0.275 e. The van der Waals surface area contributed by atoms with Gasteiger partial charge in [-0.1, -0.05) is 60.7 Å². The average molecular weight is 442 g/mol. The van der Waals surface area contributed by atoms with Gasteiger partial charge in [-0.25, -0.2) is 4.68 Å². The molecule has 0 saturated carbocycles. The van der Waals surface area contributed by atoms with Gasteiger partial charge in [0.15, 0.2) is 5.69 Å². The van der Waals surface area contributed by atoms with E-state index in [1.165, 1.54) is 4.68 Å². The molecule has 168 valence electrons. The van der Waals surface area contributed by atoms with Gasteiger partial charge in [0.25, 0.3) is 11.5 Å². The summed E-state index contributed by atoms with van der Waals surface area (Å²) in [5.74, 6) is 0.522. The molecule has 33 heavy (non-hydrogen) atoms. The normalized spacial score (nSPS) is 11.8. The Morgan fingerprint density at radius 3 is 2.39 bits per heavy atom. The van der Waals surface area contributed by atoms with E-state index in [1.807, 2.05) is 74.5 Å². The van der Waals surface area contributed by atoms with Crippen LogP contribution in [0.25, 0.3) is 10.8 Å². The summed E-state index contributed by atoms with van der Waals surface area (Å²) in [6.45, 7) is 4.71. The number of carbonyl (C=O) groups excluding carboxylic acids is 1. The van der Waals surface area contributed by atoms with Crippen molar-refractivity contribution in [3.05, 3.63) is 106 Å². The van der Waals surface area contributed by atoms with Crippen LogP contribution in [0.3, 0.4) is 0 Å². The van der Waals surface area contributed by atoms with Crippen molar-refractivity contribution in [2.45, 2.75) is 26.4 Å². The van der Waals surface area contributed by atoms with Gasteiger partial charge in [0.2, 0.25) is 0 Å². The summed E-state index contributed by atoms with van der Waals surface area (Å²) in [6.07, 6.45) is 0. The molecule has 1 heterocycles. The Morgan fingerprint density at radius 2 is 1.70 bits per heavy atom. The Balaban J connectivity index is 1.79. The zero-order valence-corrected chi connectivity index (χ0v) is 19.1. The number of hydrogen-bond donors (Lipinski definition) is 0. The molecule has 4 aromatic rings. The van der Waals surface area contributed by atoms with Crippen LogP contribution in [-0.4, -0.2) is 34.2 Å². The van der Waals surface area contributed by atoms with Gasteiger partial charge in [-0.3, -0.25) is 9.59 Å². The largest absolute Gasteiger partial charge is 0.497 e. The fraction of sp³-hybridized carbons (Fsp3) is 0.222. The lowest BCUT2D eigenvalue weighted by Gasteiger charge is -2.29. The van der Waals surface area contributed by atoms with Gasteiger partial charge >= 0.3 is 0 Å². The summed E-state index contributed by atoms with van der Waals surface area (Å²) < 4.78 is 6.74. The van der Waals surface area contributed by atoms with Gasteiger partial charge in [-0.15, -0.1) is 0 Å². The zero-order chi connectivity index (χ0) is 23.4. The predicted octanol–water partition coefficient (Wildman–Crippen LogP) is 4.68. The number of benzene rings is 3. The summed E-state index contributed by atoms with van der Waals surface area (Å²) >= 11 is 0. The van der Waals surface area contributed by atoms with Crippen molar-refractivity contribution in [1.82, 2.24) is 14.7 Å². The first kappa shape index (κ1) is 22.3. The molecule has 0 spiro atoms. The molecule has 1 atom stereocenters. The van der Waals surface area contributed by atoms with Gasteiger partial charge in [0.1, 0.15) is 5.75 Å². The molecular weight excluding hydrogens is 414 g/mol. The molecule has 4 rings (SSSR count). The van der Waals surface area contributed by atoms with Crippen molar-refractivity contribution in [3.8, 4) is 5.75 Å². The lowest BCUT2D eigenvalue weighted by molar-refractivity contribution is 0.0695. The molecule has 0 bridgehead atoms. The van der Waals surface area contributed by atoms with E-state index in [2.05, 4.69) is 5.10 Å². The monoisotopic (exact) mass is 441 g/mol. The zero-order valence-electron chi connectivity index (χ0n) is 19.1. The second kappa shape index (κ2) is 9.69. The third-order valence-corrected chi connectivity index (χ3v) is 5.89. The topological polar surface area (TPSA) is 64.4 Å². The number of methoxy groups -OCH3 is 1. The van der Waals surface area contributed by atoms with Gasteiger partial charge in [0, 0.05) is 11.9 Å². The fourth-order valence-electron chi connectivity index (χ4n) is 4.07. The maximum atomic E-state index is 13.8. The van der Waals surface area contributed by atoms with E-state index in [0.717, 1.165) is 16.9 Å². The van der Waals surface area contributed by atoms with Gasteiger partial charge in [0.05, 0.1) is 25.1 Å². The maximum absolute atomic E-state index is 13.8. The molecule has 0 saturated heterocycles. The van der Waals surface area contributed by atoms with E-state index in [1.54, 1.807) is 30.2 Å². The van der Waals surface area contributed by atoms with Crippen LogP contribution in [0.1, 0.15) is 41.5 Å². The molecule has 1 aromatic heterocycles. The van der Waals surface area contributed by atoms with Crippen molar-refractivity contribution in [2.75, 3.05) is 13.7 Å². The number of amides is 1. The van der Waals surface area contributed by atoms with Gasteiger partial charge in [-0.2, -0.15) is 5.10 Å². The number of fused-ring (bicyclic) bond motifs is 1. The smallest absolute Gasteiger partial charge is 0.275 e. The lowest BCUT2D eigenvalue weighted by atomic mass is 10.0. The van der Waals surface area contributed by atoms with E-state index >= 15 is 0 Å². The first-order valence-electron chi connectivity index (χ1n) is 11.0. The Morgan fingerprint density at radius 1 is 1.00 bits per heavy atom.